The molecular weight excluding hydrogens is 244 g/mol. The van der Waals surface area contributed by atoms with Crippen molar-refractivity contribution < 1.29 is 14.7 Å². The SMILES string of the molecule is Cc1cc(O)ccc1C(=O)NCC(=O)NCC(C)C. The van der Waals surface area contributed by atoms with E-state index in [1.54, 1.807) is 6.92 Å². The molecule has 19 heavy (non-hydrogen) atoms. The highest BCUT2D eigenvalue weighted by Crippen LogP contribution is 2.15. The highest BCUT2D eigenvalue weighted by Gasteiger charge is 2.10. The van der Waals surface area contributed by atoms with Crippen molar-refractivity contribution in [3.05, 3.63) is 29.3 Å². The fourth-order valence-electron chi connectivity index (χ4n) is 1.54. The Labute approximate surface area is 113 Å². The molecule has 1 aromatic carbocycles. The topological polar surface area (TPSA) is 78.4 Å². The van der Waals surface area contributed by atoms with Crippen LogP contribution in [0.15, 0.2) is 18.2 Å². The van der Waals surface area contributed by atoms with E-state index in [9.17, 15) is 14.7 Å². The second-order valence-electron chi connectivity index (χ2n) is 4.88. The maximum absolute atomic E-state index is 11.8. The first-order chi connectivity index (χ1) is 8.90. The van der Waals surface area contributed by atoms with Crippen LogP contribution in [0.3, 0.4) is 0 Å². The third kappa shape index (κ3) is 4.99. The maximum Gasteiger partial charge on any atom is 0.251 e. The van der Waals surface area contributed by atoms with E-state index in [1.165, 1.54) is 18.2 Å². The van der Waals surface area contributed by atoms with Gasteiger partial charge in [0.2, 0.25) is 5.91 Å². The minimum atomic E-state index is -0.322. The molecule has 0 aliphatic rings. The second kappa shape index (κ2) is 6.78. The lowest BCUT2D eigenvalue weighted by Crippen LogP contribution is -2.38. The van der Waals surface area contributed by atoms with Crippen molar-refractivity contribution in [2.45, 2.75) is 20.8 Å². The number of rotatable bonds is 5. The minimum absolute atomic E-state index is 0.0497. The lowest BCUT2D eigenvalue weighted by atomic mass is 10.1. The van der Waals surface area contributed by atoms with Gasteiger partial charge in [0.15, 0.2) is 0 Å². The standard InChI is InChI=1S/C14H20N2O3/c1-9(2)7-15-13(18)8-16-14(19)12-5-4-11(17)6-10(12)3/h4-6,9,17H,7-8H2,1-3H3,(H,15,18)(H,16,19). The van der Waals surface area contributed by atoms with E-state index in [-0.39, 0.29) is 24.1 Å². The van der Waals surface area contributed by atoms with Gasteiger partial charge < -0.3 is 15.7 Å². The van der Waals surface area contributed by atoms with Gasteiger partial charge >= 0.3 is 0 Å². The lowest BCUT2D eigenvalue weighted by molar-refractivity contribution is -0.120. The zero-order chi connectivity index (χ0) is 14.4. The van der Waals surface area contributed by atoms with Crippen LogP contribution in [0.1, 0.15) is 29.8 Å². The Balaban J connectivity index is 2.49. The number of carbonyl (C=O) groups excluding carboxylic acids is 2. The molecule has 1 aromatic rings. The molecule has 5 heteroatoms. The average molecular weight is 264 g/mol. The first-order valence-electron chi connectivity index (χ1n) is 6.24. The number of benzene rings is 1. The summed E-state index contributed by atoms with van der Waals surface area (Å²) in [5.74, 6) is -0.0431. The summed E-state index contributed by atoms with van der Waals surface area (Å²) in [5, 5.41) is 14.5. The van der Waals surface area contributed by atoms with Crippen molar-refractivity contribution in [1.82, 2.24) is 10.6 Å². The second-order valence-corrected chi connectivity index (χ2v) is 4.88. The summed E-state index contributed by atoms with van der Waals surface area (Å²) in [6.45, 7) is 6.27. The molecule has 104 valence electrons. The van der Waals surface area contributed by atoms with Crippen molar-refractivity contribution in [1.29, 1.82) is 0 Å². The Bertz CT molecular complexity index is 470. The highest BCUT2D eigenvalue weighted by molar-refractivity contribution is 5.97. The van der Waals surface area contributed by atoms with Crippen LogP contribution < -0.4 is 10.6 Å². The molecule has 1 rings (SSSR count). The van der Waals surface area contributed by atoms with Crippen LogP contribution in [0.25, 0.3) is 0 Å². The normalized spacial score (nSPS) is 10.3. The zero-order valence-electron chi connectivity index (χ0n) is 11.5. The fourth-order valence-corrected chi connectivity index (χ4v) is 1.54. The monoisotopic (exact) mass is 264 g/mol. The van der Waals surface area contributed by atoms with Gasteiger partial charge in [-0.25, -0.2) is 0 Å². The summed E-state index contributed by atoms with van der Waals surface area (Å²) in [4.78, 5) is 23.3. The molecule has 0 bridgehead atoms. The third-order valence-electron chi connectivity index (χ3n) is 2.57. The van der Waals surface area contributed by atoms with Gasteiger partial charge in [-0.3, -0.25) is 9.59 Å². The van der Waals surface area contributed by atoms with E-state index in [4.69, 9.17) is 0 Å². The lowest BCUT2D eigenvalue weighted by Gasteiger charge is -2.10. The number of phenols is 1. The molecule has 3 N–H and O–H groups in total. The molecule has 0 atom stereocenters. The Morgan fingerprint density at radius 3 is 2.53 bits per heavy atom. The minimum Gasteiger partial charge on any atom is -0.508 e. The van der Waals surface area contributed by atoms with Crippen molar-refractivity contribution in [3.8, 4) is 5.75 Å². The van der Waals surface area contributed by atoms with Crippen LogP contribution in [-0.4, -0.2) is 30.0 Å². The van der Waals surface area contributed by atoms with Gasteiger partial charge in [0.25, 0.3) is 5.91 Å². The number of nitrogens with one attached hydrogen (secondary N) is 2. The Morgan fingerprint density at radius 1 is 1.26 bits per heavy atom. The molecule has 0 radical (unpaired) electrons. The smallest absolute Gasteiger partial charge is 0.251 e. The number of phenolic OH excluding ortho intramolecular Hbond substituents is 1. The number of carbonyl (C=O) groups is 2. The van der Waals surface area contributed by atoms with E-state index < -0.39 is 0 Å². The summed E-state index contributed by atoms with van der Waals surface area (Å²) >= 11 is 0. The van der Waals surface area contributed by atoms with Crippen LogP contribution in [-0.2, 0) is 4.79 Å². The van der Waals surface area contributed by atoms with Gasteiger partial charge in [-0.15, -0.1) is 0 Å². The van der Waals surface area contributed by atoms with Crippen molar-refractivity contribution in [2.75, 3.05) is 13.1 Å². The summed E-state index contributed by atoms with van der Waals surface area (Å²) in [7, 11) is 0. The van der Waals surface area contributed by atoms with E-state index >= 15 is 0 Å². The van der Waals surface area contributed by atoms with Crippen LogP contribution in [0.5, 0.6) is 5.75 Å². The fraction of sp³-hybridized carbons (Fsp3) is 0.429. The molecule has 0 fully saturated rings. The molecule has 2 amide bonds. The zero-order valence-corrected chi connectivity index (χ0v) is 11.5. The number of aromatic hydroxyl groups is 1. The highest BCUT2D eigenvalue weighted by atomic mass is 16.3. The Kier molecular flexibility index (Phi) is 5.36. The summed E-state index contributed by atoms with van der Waals surface area (Å²) < 4.78 is 0. The maximum atomic E-state index is 11.8. The quantitative estimate of drug-likeness (QED) is 0.747. The molecule has 0 spiro atoms. The van der Waals surface area contributed by atoms with E-state index in [2.05, 4.69) is 10.6 Å². The van der Waals surface area contributed by atoms with Gasteiger partial charge in [-0.2, -0.15) is 0 Å². The van der Waals surface area contributed by atoms with Gasteiger partial charge in [-0.05, 0) is 36.6 Å². The molecule has 0 aliphatic heterocycles. The number of aryl methyl sites for hydroxylation is 1. The van der Waals surface area contributed by atoms with Crippen molar-refractivity contribution in [2.24, 2.45) is 5.92 Å². The predicted octanol–water partition coefficient (Wildman–Crippen LogP) is 1.20. The van der Waals surface area contributed by atoms with Crippen LogP contribution in [0.2, 0.25) is 0 Å². The molecule has 0 aliphatic carbocycles. The van der Waals surface area contributed by atoms with Crippen LogP contribution in [0.4, 0.5) is 0 Å². The van der Waals surface area contributed by atoms with E-state index in [1.807, 2.05) is 13.8 Å². The van der Waals surface area contributed by atoms with Crippen molar-refractivity contribution >= 4 is 11.8 Å². The predicted molar refractivity (Wildman–Crippen MR) is 73.0 cm³/mol. The molecule has 0 saturated carbocycles. The number of hydrogen-bond donors (Lipinski definition) is 3. The summed E-state index contributed by atoms with van der Waals surface area (Å²) in [5.41, 5.74) is 1.12. The molecule has 5 nitrogen and oxygen atoms in total. The van der Waals surface area contributed by atoms with E-state index in [0.717, 1.165) is 0 Å². The third-order valence-corrected chi connectivity index (χ3v) is 2.57. The van der Waals surface area contributed by atoms with Gasteiger partial charge in [0, 0.05) is 12.1 Å². The van der Waals surface area contributed by atoms with E-state index in [0.29, 0.717) is 23.6 Å². The Morgan fingerprint density at radius 2 is 1.95 bits per heavy atom. The molecular formula is C14H20N2O3. The number of amides is 2. The Hall–Kier alpha value is -2.04. The van der Waals surface area contributed by atoms with Gasteiger partial charge in [0.1, 0.15) is 5.75 Å². The molecule has 0 heterocycles. The van der Waals surface area contributed by atoms with Crippen molar-refractivity contribution in [3.63, 3.8) is 0 Å². The number of hydrogen-bond acceptors (Lipinski definition) is 3. The summed E-state index contributed by atoms with van der Waals surface area (Å²) in [6, 6.07) is 4.49. The molecule has 0 unspecified atom stereocenters. The first kappa shape index (κ1) is 15.0. The average Bonchev–Trinajstić information content (AvgIpc) is 2.33. The molecule has 0 saturated heterocycles. The first-order valence-corrected chi connectivity index (χ1v) is 6.24. The molecule has 0 aromatic heterocycles. The van der Waals surface area contributed by atoms with Crippen LogP contribution in [0, 0.1) is 12.8 Å². The largest absolute Gasteiger partial charge is 0.508 e. The van der Waals surface area contributed by atoms with Gasteiger partial charge in [0.05, 0.1) is 6.54 Å². The summed E-state index contributed by atoms with van der Waals surface area (Å²) in [6.07, 6.45) is 0. The van der Waals surface area contributed by atoms with Crippen LogP contribution >= 0.6 is 0 Å². The van der Waals surface area contributed by atoms with Gasteiger partial charge in [-0.1, -0.05) is 13.8 Å².